The van der Waals surface area contributed by atoms with Crippen molar-refractivity contribution in [1.82, 2.24) is 0 Å². The number of hydrogen-bond acceptors (Lipinski definition) is 3. The highest BCUT2D eigenvalue weighted by Crippen LogP contribution is 2.29. The summed E-state index contributed by atoms with van der Waals surface area (Å²) in [6.45, 7) is 7.20. The topological polar surface area (TPSA) is 56.8 Å². The lowest BCUT2D eigenvalue weighted by atomic mass is 9.84. The van der Waals surface area contributed by atoms with Gasteiger partial charge in [-0.1, -0.05) is 26.8 Å². The van der Waals surface area contributed by atoms with Crippen molar-refractivity contribution in [2.45, 2.75) is 20.8 Å². The van der Waals surface area contributed by atoms with Gasteiger partial charge in [0.15, 0.2) is 0 Å². The smallest absolute Gasteiger partial charge is 0.135 e. The normalized spacial score (nSPS) is 16.3. The average molecular weight is 202 g/mol. The van der Waals surface area contributed by atoms with E-state index in [9.17, 15) is 0 Å². The molecule has 0 atom stereocenters. The third-order valence-corrected chi connectivity index (χ3v) is 2.37. The molecule has 0 amide bonds. The fourth-order valence-electron chi connectivity index (χ4n) is 1.31. The second kappa shape index (κ2) is 4.29. The lowest BCUT2D eigenvalue weighted by molar-refractivity contribution is 0.158. The molecule has 0 aliphatic carbocycles. The van der Waals surface area contributed by atoms with Crippen LogP contribution in [-0.2, 0) is 4.74 Å². The van der Waals surface area contributed by atoms with Crippen molar-refractivity contribution in [2.75, 3.05) is 13.2 Å². The number of nitrogens with zero attached hydrogens (tertiary/aromatic N) is 2. The molecule has 0 saturated heterocycles. The Morgan fingerprint density at radius 3 is 2.33 bits per heavy atom. The van der Waals surface area contributed by atoms with Gasteiger partial charge in [0.05, 0.1) is 13.2 Å². The van der Waals surface area contributed by atoms with Gasteiger partial charge in [-0.3, -0.25) is 0 Å². The summed E-state index contributed by atoms with van der Waals surface area (Å²) in [5.74, 6) is 0. The van der Waals surface area contributed by atoms with Gasteiger partial charge in [0, 0.05) is 5.57 Å². The van der Waals surface area contributed by atoms with Crippen molar-refractivity contribution in [3.63, 3.8) is 0 Å². The molecule has 0 radical (unpaired) electrons. The van der Waals surface area contributed by atoms with E-state index in [0.717, 1.165) is 5.57 Å². The molecule has 1 aliphatic rings. The summed E-state index contributed by atoms with van der Waals surface area (Å²) in [7, 11) is 0. The standard InChI is InChI=1S/C12H14N2O/c1-12(2,3)11-4-9(7-15-8-11)10(5-13)6-14/h4H,7-8H2,1-3H3. The minimum absolute atomic E-state index is 0.0156. The SMILES string of the molecule is CC(C)(C)C1=CC(=C(C#N)C#N)COC1. The number of allylic oxidation sites excluding steroid dienone is 1. The Hall–Kier alpha value is -1.58. The number of ether oxygens (including phenoxy) is 1. The Kier molecular flexibility index (Phi) is 3.29. The molecule has 78 valence electrons. The van der Waals surface area contributed by atoms with E-state index in [4.69, 9.17) is 15.3 Å². The molecule has 0 N–H and O–H groups in total. The summed E-state index contributed by atoms with van der Waals surface area (Å²) < 4.78 is 5.38. The largest absolute Gasteiger partial charge is 0.372 e. The minimum Gasteiger partial charge on any atom is -0.372 e. The van der Waals surface area contributed by atoms with Gasteiger partial charge < -0.3 is 4.74 Å². The van der Waals surface area contributed by atoms with Crippen molar-refractivity contribution in [1.29, 1.82) is 10.5 Å². The van der Waals surface area contributed by atoms with Gasteiger partial charge in [-0.05, 0) is 11.0 Å². The molecule has 3 heteroatoms. The molecule has 0 unspecified atom stereocenters. The van der Waals surface area contributed by atoms with Gasteiger partial charge in [0.25, 0.3) is 0 Å². The Bertz CT molecular complexity index is 381. The molecule has 1 heterocycles. The van der Waals surface area contributed by atoms with Crippen molar-refractivity contribution in [2.24, 2.45) is 5.41 Å². The van der Waals surface area contributed by atoms with E-state index in [1.807, 2.05) is 18.2 Å². The van der Waals surface area contributed by atoms with Crippen molar-refractivity contribution in [3.8, 4) is 12.1 Å². The summed E-state index contributed by atoms with van der Waals surface area (Å²) in [6.07, 6.45) is 1.92. The molecule has 0 aromatic rings. The van der Waals surface area contributed by atoms with E-state index in [0.29, 0.717) is 18.8 Å². The monoisotopic (exact) mass is 202 g/mol. The summed E-state index contributed by atoms with van der Waals surface area (Å²) >= 11 is 0. The van der Waals surface area contributed by atoms with Gasteiger partial charge in [-0.15, -0.1) is 0 Å². The third-order valence-electron chi connectivity index (χ3n) is 2.37. The quantitative estimate of drug-likeness (QED) is 0.566. The Labute approximate surface area is 90.3 Å². The first-order valence-corrected chi connectivity index (χ1v) is 4.81. The first-order valence-electron chi connectivity index (χ1n) is 4.81. The van der Waals surface area contributed by atoms with Crippen LogP contribution in [0.5, 0.6) is 0 Å². The van der Waals surface area contributed by atoms with Crippen LogP contribution in [0, 0.1) is 28.1 Å². The molecule has 15 heavy (non-hydrogen) atoms. The van der Waals surface area contributed by atoms with E-state index < -0.39 is 0 Å². The van der Waals surface area contributed by atoms with Crippen LogP contribution >= 0.6 is 0 Å². The van der Waals surface area contributed by atoms with E-state index in [-0.39, 0.29) is 11.0 Å². The molecule has 0 bridgehead atoms. The molecule has 0 aromatic carbocycles. The zero-order valence-electron chi connectivity index (χ0n) is 9.29. The van der Waals surface area contributed by atoms with Gasteiger partial charge in [0.1, 0.15) is 17.7 Å². The third kappa shape index (κ3) is 2.68. The van der Waals surface area contributed by atoms with Crippen LogP contribution < -0.4 is 0 Å². The van der Waals surface area contributed by atoms with Crippen LogP contribution in [0.3, 0.4) is 0 Å². The number of rotatable bonds is 0. The van der Waals surface area contributed by atoms with E-state index in [1.165, 1.54) is 0 Å². The maximum Gasteiger partial charge on any atom is 0.135 e. The molecular formula is C12H14N2O. The van der Waals surface area contributed by atoms with Gasteiger partial charge in [-0.25, -0.2) is 0 Å². The first kappa shape index (κ1) is 11.5. The van der Waals surface area contributed by atoms with Crippen LogP contribution in [0.4, 0.5) is 0 Å². The highest BCUT2D eigenvalue weighted by atomic mass is 16.5. The summed E-state index contributed by atoms with van der Waals surface area (Å²) in [4.78, 5) is 0. The lowest BCUT2D eigenvalue weighted by Crippen LogP contribution is -2.20. The van der Waals surface area contributed by atoms with Crippen molar-refractivity contribution in [3.05, 3.63) is 22.8 Å². The summed E-state index contributed by atoms with van der Waals surface area (Å²) in [5.41, 5.74) is 1.97. The molecule has 1 rings (SSSR count). The van der Waals surface area contributed by atoms with E-state index >= 15 is 0 Å². The minimum atomic E-state index is 0.0156. The molecule has 3 nitrogen and oxygen atoms in total. The second-order valence-corrected chi connectivity index (χ2v) is 4.54. The Morgan fingerprint density at radius 2 is 1.87 bits per heavy atom. The van der Waals surface area contributed by atoms with Crippen LogP contribution in [0.1, 0.15) is 20.8 Å². The maximum atomic E-state index is 8.75. The lowest BCUT2D eigenvalue weighted by Gasteiger charge is -2.26. The van der Waals surface area contributed by atoms with E-state index in [1.54, 1.807) is 0 Å². The predicted octanol–water partition coefficient (Wildman–Crippen LogP) is 2.33. The second-order valence-electron chi connectivity index (χ2n) is 4.54. The highest BCUT2D eigenvalue weighted by Gasteiger charge is 2.21. The fourth-order valence-corrected chi connectivity index (χ4v) is 1.31. The number of nitriles is 2. The predicted molar refractivity (Wildman–Crippen MR) is 56.6 cm³/mol. The van der Waals surface area contributed by atoms with Crippen LogP contribution in [0.2, 0.25) is 0 Å². The Morgan fingerprint density at radius 1 is 1.27 bits per heavy atom. The fraction of sp³-hybridized carbons (Fsp3) is 0.500. The first-order chi connectivity index (χ1) is 6.99. The van der Waals surface area contributed by atoms with Gasteiger partial charge in [-0.2, -0.15) is 10.5 Å². The zero-order chi connectivity index (χ0) is 11.5. The van der Waals surface area contributed by atoms with Crippen LogP contribution in [-0.4, -0.2) is 13.2 Å². The number of hydrogen-bond donors (Lipinski definition) is 0. The van der Waals surface area contributed by atoms with Gasteiger partial charge >= 0.3 is 0 Å². The van der Waals surface area contributed by atoms with Crippen LogP contribution in [0.15, 0.2) is 22.8 Å². The average Bonchev–Trinajstić information content (AvgIpc) is 2.19. The van der Waals surface area contributed by atoms with Gasteiger partial charge in [0.2, 0.25) is 0 Å². The van der Waals surface area contributed by atoms with E-state index in [2.05, 4.69) is 20.8 Å². The zero-order valence-corrected chi connectivity index (χ0v) is 9.29. The molecule has 0 aromatic heterocycles. The highest BCUT2D eigenvalue weighted by molar-refractivity contribution is 5.47. The summed E-state index contributed by atoms with van der Waals surface area (Å²) in [6, 6.07) is 3.77. The van der Waals surface area contributed by atoms with Crippen LogP contribution in [0.25, 0.3) is 0 Å². The van der Waals surface area contributed by atoms with Crippen molar-refractivity contribution < 1.29 is 4.74 Å². The Balaban J connectivity index is 3.14. The molecule has 0 fully saturated rings. The molecule has 0 saturated carbocycles. The molecule has 0 spiro atoms. The van der Waals surface area contributed by atoms with Crippen molar-refractivity contribution >= 4 is 0 Å². The molecular weight excluding hydrogens is 188 g/mol. The molecule has 1 aliphatic heterocycles. The summed E-state index contributed by atoms with van der Waals surface area (Å²) in [5, 5.41) is 17.5. The maximum absolute atomic E-state index is 8.75.